The molecule has 0 radical (unpaired) electrons. The second-order valence-electron chi connectivity index (χ2n) is 11.9. The number of carbonyl (C=O) groups excluding carboxylic acids is 1. The van der Waals surface area contributed by atoms with Crippen molar-refractivity contribution in [1.82, 2.24) is 19.9 Å². The van der Waals surface area contributed by atoms with E-state index in [1.54, 1.807) is 13.0 Å². The van der Waals surface area contributed by atoms with Crippen LogP contribution in [0.4, 0.5) is 14.5 Å². The monoisotopic (exact) mass is 796 g/mol. The van der Waals surface area contributed by atoms with Crippen LogP contribution in [0.5, 0.6) is 11.8 Å². The van der Waals surface area contributed by atoms with Crippen molar-refractivity contribution in [3.05, 3.63) is 52.0 Å². The summed E-state index contributed by atoms with van der Waals surface area (Å²) in [4.78, 5) is 59.5. The number of hydrogen-bond donors (Lipinski definition) is 5. The first-order valence-corrected chi connectivity index (χ1v) is 16.2. The molecule has 16 nitrogen and oxygen atoms in total. The lowest BCUT2D eigenvalue weighted by molar-refractivity contribution is -0.143. The van der Waals surface area contributed by atoms with Gasteiger partial charge in [0.05, 0.1) is 17.9 Å². The van der Waals surface area contributed by atoms with E-state index in [0.29, 0.717) is 34.3 Å². The number of anilines is 1. The minimum atomic E-state index is -1.34. The molecule has 6 N–H and O–H groups in total. The van der Waals surface area contributed by atoms with E-state index in [1.807, 2.05) is 6.92 Å². The van der Waals surface area contributed by atoms with Crippen LogP contribution < -0.4 is 20.5 Å². The zero-order chi connectivity index (χ0) is 39.6. The minimum absolute atomic E-state index is 0.0223. The van der Waals surface area contributed by atoms with Crippen molar-refractivity contribution in [2.24, 2.45) is 5.73 Å². The fourth-order valence-corrected chi connectivity index (χ4v) is 4.15. The average molecular weight is 798 g/mol. The van der Waals surface area contributed by atoms with Gasteiger partial charge in [0.2, 0.25) is 11.8 Å². The van der Waals surface area contributed by atoms with Crippen LogP contribution >= 0.6 is 15.9 Å². The number of nitrogens with zero attached hydrogens (tertiary/aromatic N) is 4. The Labute approximate surface area is 304 Å². The number of halogens is 3. The summed E-state index contributed by atoms with van der Waals surface area (Å²) in [5, 5.41) is 29.3. The van der Waals surface area contributed by atoms with Gasteiger partial charge in [0, 0.05) is 23.0 Å². The van der Waals surface area contributed by atoms with E-state index in [9.17, 15) is 33.1 Å². The van der Waals surface area contributed by atoms with Gasteiger partial charge in [-0.2, -0.15) is 9.97 Å². The van der Waals surface area contributed by atoms with Crippen molar-refractivity contribution in [2.45, 2.75) is 65.5 Å². The normalized spacial score (nSPS) is 11.1. The van der Waals surface area contributed by atoms with E-state index in [0.717, 1.165) is 6.07 Å². The standard InChI is InChI=1S/C16H18FN3O5.C13H12BrFN2O3.C4H9NO2/c1-4-11-18-13-9(14(19-11)25-7-12(21)22)5-8(6-10(13)17)20-16(2,3)15(23)24;1-3-10-16-12-8(4-7(14)5-9(12)15)13(17-10)20-6-11(18)19-2;1-4(2,5)3(6)7/h5-6,20H,4,7H2,1-3H3,(H,21,22)(H,23,24);4-5H,3,6H2,1-2H3;5H2,1-2H3,(H,6,7). The van der Waals surface area contributed by atoms with Crippen LogP contribution in [-0.2, 0) is 36.8 Å². The van der Waals surface area contributed by atoms with Crippen LogP contribution in [-0.4, -0.2) is 90.5 Å². The highest BCUT2D eigenvalue weighted by Crippen LogP contribution is 2.30. The molecule has 4 rings (SSSR count). The molecule has 0 saturated heterocycles. The first-order chi connectivity index (χ1) is 24.1. The number of carboxylic acids is 3. The molecule has 0 amide bonds. The number of benzene rings is 2. The van der Waals surface area contributed by atoms with Crippen LogP contribution in [0.2, 0.25) is 0 Å². The maximum absolute atomic E-state index is 14.5. The fraction of sp³-hybridized carbons (Fsp3) is 0.394. The molecule has 52 heavy (non-hydrogen) atoms. The summed E-state index contributed by atoms with van der Waals surface area (Å²) in [5.41, 5.74) is 2.98. The molecule has 19 heteroatoms. The van der Waals surface area contributed by atoms with Gasteiger partial charge in [0.25, 0.3) is 0 Å². The molecule has 0 aliphatic carbocycles. The molecule has 0 unspecified atom stereocenters. The van der Waals surface area contributed by atoms with E-state index >= 15 is 0 Å². The van der Waals surface area contributed by atoms with Gasteiger partial charge in [-0.3, -0.25) is 4.79 Å². The van der Waals surface area contributed by atoms with Crippen LogP contribution in [0.25, 0.3) is 21.8 Å². The van der Waals surface area contributed by atoms with E-state index in [2.05, 4.69) is 45.9 Å². The Kier molecular flexibility index (Phi) is 15.1. The average Bonchev–Trinajstić information content (AvgIpc) is 3.05. The van der Waals surface area contributed by atoms with Gasteiger partial charge in [-0.05, 0) is 52.0 Å². The minimum Gasteiger partial charge on any atom is -0.480 e. The molecular weight excluding hydrogens is 758 g/mol. The summed E-state index contributed by atoms with van der Waals surface area (Å²) in [6.45, 7) is 8.42. The lowest BCUT2D eigenvalue weighted by Gasteiger charge is -2.23. The SMILES string of the molecule is CC(C)(N)C(=O)O.CCc1nc(OCC(=O)O)c2cc(NC(C)(C)C(=O)O)cc(F)c2n1.CCc1nc(OCC(=O)OC)c2cc(Br)cc(F)c2n1. The molecule has 0 atom stereocenters. The van der Waals surface area contributed by atoms with Crippen LogP contribution in [0, 0.1) is 11.6 Å². The summed E-state index contributed by atoms with van der Waals surface area (Å²) in [6, 6.07) is 5.52. The Hall–Kier alpha value is -5.30. The number of nitrogens with one attached hydrogen (secondary N) is 1. The van der Waals surface area contributed by atoms with E-state index in [1.165, 1.54) is 46.9 Å². The van der Waals surface area contributed by atoms with Crippen LogP contribution in [0.15, 0.2) is 28.7 Å². The zero-order valence-electron chi connectivity index (χ0n) is 29.3. The molecule has 0 aliphatic heterocycles. The summed E-state index contributed by atoms with van der Waals surface area (Å²) in [7, 11) is 1.26. The third-order valence-corrected chi connectivity index (χ3v) is 7.02. The van der Waals surface area contributed by atoms with Crippen molar-refractivity contribution in [2.75, 3.05) is 25.6 Å². The largest absolute Gasteiger partial charge is 0.480 e. The molecule has 0 fully saturated rings. The van der Waals surface area contributed by atoms with Gasteiger partial charge in [0.1, 0.15) is 33.8 Å². The quantitative estimate of drug-likeness (QED) is 0.124. The Morgan fingerprint density at radius 1 is 0.788 bits per heavy atom. The van der Waals surface area contributed by atoms with E-state index in [-0.39, 0.29) is 40.5 Å². The second-order valence-corrected chi connectivity index (χ2v) is 12.8. The smallest absolute Gasteiger partial charge is 0.343 e. The third-order valence-electron chi connectivity index (χ3n) is 6.56. The van der Waals surface area contributed by atoms with Gasteiger partial charge < -0.3 is 40.6 Å². The number of fused-ring (bicyclic) bond motifs is 2. The van der Waals surface area contributed by atoms with Gasteiger partial charge >= 0.3 is 23.9 Å². The summed E-state index contributed by atoms with van der Waals surface area (Å²) in [6.07, 6.45) is 0.935. The number of carbonyl (C=O) groups is 4. The Bertz CT molecular complexity index is 1960. The number of aromatic nitrogens is 4. The number of ether oxygens (including phenoxy) is 3. The number of aliphatic carboxylic acids is 3. The van der Waals surface area contributed by atoms with Crippen molar-refractivity contribution < 1.29 is 57.5 Å². The molecule has 2 heterocycles. The lowest BCUT2D eigenvalue weighted by Crippen LogP contribution is -2.41. The summed E-state index contributed by atoms with van der Waals surface area (Å²) in [5.74, 6) is -4.17. The van der Waals surface area contributed by atoms with Crippen molar-refractivity contribution in [3.8, 4) is 11.8 Å². The first-order valence-electron chi connectivity index (χ1n) is 15.4. The molecule has 0 saturated carbocycles. The van der Waals surface area contributed by atoms with Crippen LogP contribution in [0.3, 0.4) is 0 Å². The number of nitrogens with two attached hydrogens (primary N) is 1. The fourth-order valence-electron chi connectivity index (χ4n) is 3.72. The number of hydrogen-bond acceptors (Lipinski definition) is 13. The van der Waals surface area contributed by atoms with Gasteiger partial charge in [-0.15, -0.1) is 0 Å². The molecule has 2 aromatic carbocycles. The molecule has 282 valence electrons. The number of esters is 1. The Balaban J connectivity index is 0.000000310. The molecule has 0 bridgehead atoms. The number of rotatable bonds is 12. The van der Waals surface area contributed by atoms with Gasteiger partial charge in [-0.25, -0.2) is 33.1 Å². The Morgan fingerprint density at radius 3 is 1.67 bits per heavy atom. The Morgan fingerprint density at radius 2 is 1.25 bits per heavy atom. The topological polar surface area (TPSA) is 246 Å². The predicted octanol–water partition coefficient (Wildman–Crippen LogP) is 4.52. The van der Waals surface area contributed by atoms with E-state index in [4.69, 9.17) is 25.4 Å². The number of aryl methyl sites for hydroxylation is 2. The zero-order valence-corrected chi connectivity index (χ0v) is 30.9. The number of methoxy groups -OCH3 is 1. The summed E-state index contributed by atoms with van der Waals surface area (Å²) < 4.78 is 43.9. The maximum atomic E-state index is 14.5. The predicted molar refractivity (Wildman–Crippen MR) is 187 cm³/mol. The molecule has 2 aromatic heterocycles. The highest BCUT2D eigenvalue weighted by Gasteiger charge is 2.27. The second kappa shape index (κ2) is 18.3. The lowest BCUT2D eigenvalue weighted by atomic mass is 10.1. The maximum Gasteiger partial charge on any atom is 0.343 e. The number of carboxylic acid groups (broad SMARTS) is 3. The highest BCUT2D eigenvalue weighted by atomic mass is 79.9. The molecular formula is C33H39BrF2N6O10. The highest BCUT2D eigenvalue weighted by molar-refractivity contribution is 9.10. The summed E-state index contributed by atoms with van der Waals surface area (Å²) >= 11 is 3.20. The van der Waals surface area contributed by atoms with Crippen LogP contribution in [0.1, 0.15) is 53.2 Å². The molecule has 0 spiro atoms. The molecule has 0 aliphatic rings. The van der Waals surface area contributed by atoms with Crippen molar-refractivity contribution >= 4 is 67.3 Å². The first kappa shape index (κ1) is 42.9. The molecule has 4 aromatic rings. The third kappa shape index (κ3) is 12.2. The van der Waals surface area contributed by atoms with Crippen molar-refractivity contribution in [1.29, 1.82) is 0 Å². The van der Waals surface area contributed by atoms with Gasteiger partial charge in [0.15, 0.2) is 24.8 Å². The van der Waals surface area contributed by atoms with Crippen molar-refractivity contribution in [3.63, 3.8) is 0 Å². The van der Waals surface area contributed by atoms with E-state index < -0.39 is 53.2 Å². The van der Waals surface area contributed by atoms with Gasteiger partial charge in [-0.1, -0.05) is 29.8 Å².